The minimum absolute atomic E-state index is 0.0120. The van der Waals surface area contributed by atoms with Gasteiger partial charge in [0.05, 0.1) is 6.61 Å². The Kier molecular flexibility index (Phi) is 10.8. The van der Waals surface area contributed by atoms with Gasteiger partial charge in [-0.2, -0.15) is 0 Å². The summed E-state index contributed by atoms with van der Waals surface area (Å²) < 4.78 is 5.41. The summed E-state index contributed by atoms with van der Waals surface area (Å²) >= 11 is 0. The van der Waals surface area contributed by atoms with Crippen molar-refractivity contribution in [2.45, 2.75) is 71.0 Å². The minimum Gasteiger partial charge on any atom is -0.851 e. The molecule has 2 aromatic carbocycles. The van der Waals surface area contributed by atoms with Crippen molar-refractivity contribution in [1.82, 2.24) is 0 Å². The van der Waals surface area contributed by atoms with Crippen LogP contribution in [0.3, 0.4) is 0 Å². The monoisotopic (exact) mass is 526 g/mol. The summed E-state index contributed by atoms with van der Waals surface area (Å²) in [5.41, 5.74) is 2.38. The number of carbonyl (C=O) groups is 1. The van der Waals surface area contributed by atoms with Gasteiger partial charge in [-0.05, 0) is 55.7 Å². The van der Waals surface area contributed by atoms with Crippen molar-refractivity contribution in [3.05, 3.63) is 47.5 Å². The number of phenolic OH excluding ortho intramolecular Hbond substituents is 2. The summed E-state index contributed by atoms with van der Waals surface area (Å²) in [6.07, 6.45) is 0.244. The van der Waals surface area contributed by atoms with E-state index in [-0.39, 0.29) is 29.5 Å². The standard InChI is InChI=1S/C30H42N2O6/c1-5-12-31(13-6-2)23-17-24(34)27(25(35)18-23)28-29(36)26(30(28)37)21-8-10-22(11-9-21)32(14-7-3)15-16-38-19-20(4)33/h8-11,17-18,26,28-30,34-35H,5-7,12-16,19H2,1-4H3/q-2. The second-order valence-corrected chi connectivity index (χ2v) is 10.2. The van der Waals surface area contributed by atoms with Crippen molar-refractivity contribution in [3.63, 3.8) is 0 Å². The first-order chi connectivity index (χ1) is 18.2. The Bertz CT molecular complexity index is 1000. The Balaban J connectivity index is 1.72. The zero-order chi connectivity index (χ0) is 27.8. The number of aromatic hydroxyl groups is 2. The lowest BCUT2D eigenvalue weighted by atomic mass is 9.63. The predicted octanol–water partition coefficient (Wildman–Crippen LogP) is 2.89. The molecule has 0 spiro atoms. The fraction of sp³-hybridized carbons (Fsp3) is 0.567. The number of phenols is 2. The molecule has 1 aliphatic carbocycles. The highest BCUT2D eigenvalue weighted by atomic mass is 16.5. The van der Waals surface area contributed by atoms with Gasteiger partial charge in [-0.25, -0.2) is 0 Å². The number of Topliss-reactive ketones (excluding diaryl/α,β-unsaturated/α-hetero) is 1. The average Bonchev–Trinajstić information content (AvgIpc) is 2.88. The van der Waals surface area contributed by atoms with Crippen LogP contribution in [0.4, 0.5) is 11.4 Å². The molecule has 3 rings (SSSR count). The van der Waals surface area contributed by atoms with Gasteiger partial charge in [0.25, 0.3) is 0 Å². The molecule has 8 nitrogen and oxygen atoms in total. The molecule has 0 amide bonds. The smallest absolute Gasteiger partial charge is 0.155 e. The number of benzene rings is 2. The number of nitrogens with zero attached hydrogens (tertiary/aromatic N) is 2. The molecule has 2 N–H and O–H groups in total. The van der Waals surface area contributed by atoms with E-state index in [2.05, 4.69) is 30.6 Å². The SMILES string of the molecule is CCCN(CCC)c1cc(O)c(C2C([O-])C(c3ccc(N(CCC)CCOCC(C)=O)cc3)C2[O-])c(O)c1. The number of rotatable bonds is 15. The highest BCUT2D eigenvalue weighted by molar-refractivity contribution is 5.76. The molecule has 1 fully saturated rings. The van der Waals surface area contributed by atoms with Crippen molar-refractivity contribution >= 4 is 17.2 Å². The quantitative estimate of drug-likeness (QED) is 0.340. The molecule has 0 radical (unpaired) electrons. The Morgan fingerprint density at radius 3 is 1.79 bits per heavy atom. The van der Waals surface area contributed by atoms with Crippen molar-refractivity contribution in [2.24, 2.45) is 0 Å². The van der Waals surface area contributed by atoms with Crippen LogP contribution in [0.1, 0.15) is 69.9 Å². The molecule has 1 saturated carbocycles. The molecule has 210 valence electrons. The average molecular weight is 527 g/mol. The van der Waals surface area contributed by atoms with E-state index in [1.54, 1.807) is 12.1 Å². The molecule has 1 aliphatic rings. The fourth-order valence-corrected chi connectivity index (χ4v) is 5.36. The zero-order valence-corrected chi connectivity index (χ0v) is 23.1. The molecule has 2 atom stereocenters. The lowest BCUT2D eigenvalue weighted by Crippen LogP contribution is -2.63. The van der Waals surface area contributed by atoms with Crippen molar-refractivity contribution in [1.29, 1.82) is 0 Å². The van der Waals surface area contributed by atoms with E-state index in [9.17, 15) is 25.2 Å². The minimum atomic E-state index is -1.26. The maximum Gasteiger partial charge on any atom is 0.155 e. The molecule has 2 unspecified atom stereocenters. The highest BCUT2D eigenvalue weighted by Gasteiger charge is 2.41. The van der Waals surface area contributed by atoms with Gasteiger partial charge in [0.2, 0.25) is 0 Å². The Morgan fingerprint density at radius 2 is 1.32 bits per heavy atom. The van der Waals surface area contributed by atoms with E-state index in [0.29, 0.717) is 24.4 Å². The number of hydrogen-bond acceptors (Lipinski definition) is 8. The van der Waals surface area contributed by atoms with Crippen LogP contribution in [0.25, 0.3) is 0 Å². The van der Waals surface area contributed by atoms with E-state index < -0.39 is 24.0 Å². The largest absolute Gasteiger partial charge is 0.851 e. The maximum absolute atomic E-state index is 13.2. The van der Waals surface area contributed by atoms with Crippen LogP contribution in [0.2, 0.25) is 0 Å². The predicted molar refractivity (Wildman–Crippen MR) is 146 cm³/mol. The van der Waals surface area contributed by atoms with E-state index >= 15 is 0 Å². The van der Waals surface area contributed by atoms with E-state index in [1.807, 2.05) is 24.3 Å². The molecule has 2 aromatic rings. The van der Waals surface area contributed by atoms with Gasteiger partial charge in [-0.15, -0.1) is 12.2 Å². The molecule has 0 saturated heterocycles. The molecule has 38 heavy (non-hydrogen) atoms. The van der Waals surface area contributed by atoms with Crippen LogP contribution in [-0.2, 0) is 9.53 Å². The van der Waals surface area contributed by atoms with E-state index in [1.165, 1.54) is 6.92 Å². The summed E-state index contributed by atoms with van der Waals surface area (Å²) in [4.78, 5) is 15.3. The zero-order valence-electron chi connectivity index (χ0n) is 23.1. The van der Waals surface area contributed by atoms with Crippen LogP contribution in [0, 0.1) is 0 Å². The highest BCUT2D eigenvalue weighted by Crippen LogP contribution is 2.51. The molecule has 0 bridgehead atoms. The molecular weight excluding hydrogens is 484 g/mol. The number of ether oxygens (including phenoxy) is 1. The van der Waals surface area contributed by atoms with Gasteiger partial charge < -0.3 is 35.0 Å². The first-order valence-corrected chi connectivity index (χ1v) is 13.8. The second-order valence-electron chi connectivity index (χ2n) is 10.2. The van der Waals surface area contributed by atoms with Crippen molar-refractivity contribution in [3.8, 4) is 11.5 Å². The Labute approximate surface area is 226 Å². The lowest BCUT2D eigenvalue weighted by Gasteiger charge is -2.61. The van der Waals surface area contributed by atoms with Crippen LogP contribution in [0.5, 0.6) is 11.5 Å². The van der Waals surface area contributed by atoms with Gasteiger partial charge in [0.15, 0.2) is 5.78 Å². The Morgan fingerprint density at radius 1 is 0.816 bits per heavy atom. The normalized spacial score (nSPS) is 20.7. The summed E-state index contributed by atoms with van der Waals surface area (Å²) in [5, 5.41) is 48.0. The molecule has 0 aliphatic heterocycles. The summed E-state index contributed by atoms with van der Waals surface area (Å²) in [7, 11) is 0. The van der Waals surface area contributed by atoms with Crippen molar-refractivity contribution < 1.29 is 30.0 Å². The Hall–Kier alpha value is -2.81. The third-order valence-corrected chi connectivity index (χ3v) is 7.17. The third-order valence-electron chi connectivity index (χ3n) is 7.17. The van der Waals surface area contributed by atoms with Crippen LogP contribution in [-0.4, -0.2) is 67.6 Å². The third kappa shape index (κ3) is 6.79. The first-order valence-electron chi connectivity index (χ1n) is 13.8. The maximum atomic E-state index is 13.2. The summed E-state index contributed by atoms with van der Waals surface area (Å²) in [6.45, 7) is 11.2. The van der Waals surface area contributed by atoms with E-state index in [4.69, 9.17) is 4.74 Å². The number of anilines is 2. The van der Waals surface area contributed by atoms with Gasteiger partial charge in [-0.1, -0.05) is 32.9 Å². The lowest BCUT2D eigenvalue weighted by molar-refractivity contribution is -0.536. The fourth-order valence-electron chi connectivity index (χ4n) is 5.36. The first kappa shape index (κ1) is 29.7. The number of hydrogen-bond donors (Lipinski definition) is 2. The van der Waals surface area contributed by atoms with Crippen molar-refractivity contribution in [2.75, 3.05) is 49.2 Å². The molecule has 0 aromatic heterocycles. The van der Waals surface area contributed by atoms with E-state index in [0.717, 1.165) is 44.6 Å². The van der Waals surface area contributed by atoms with Gasteiger partial charge in [-0.3, -0.25) is 4.79 Å². The second kappa shape index (κ2) is 13.8. The molecular formula is C30H42N2O6-2. The summed E-state index contributed by atoms with van der Waals surface area (Å²) in [5.74, 6) is -2.15. The van der Waals surface area contributed by atoms with Crippen LogP contribution >= 0.6 is 0 Å². The van der Waals surface area contributed by atoms with Gasteiger partial charge in [0, 0.05) is 55.2 Å². The molecule has 0 heterocycles. The number of carbonyl (C=O) groups excluding carboxylic acids is 1. The summed E-state index contributed by atoms with van der Waals surface area (Å²) in [6, 6.07) is 10.6. The molecule has 8 heteroatoms. The van der Waals surface area contributed by atoms with Crippen LogP contribution < -0.4 is 20.0 Å². The van der Waals surface area contributed by atoms with Crippen LogP contribution in [0.15, 0.2) is 36.4 Å². The topological polar surface area (TPSA) is 119 Å². The number of ketones is 1. The van der Waals surface area contributed by atoms with Gasteiger partial charge >= 0.3 is 0 Å². The van der Waals surface area contributed by atoms with Gasteiger partial charge in [0.1, 0.15) is 18.1 Å².